The first-order chi connectivity index (χ1) is 10.2. The van der Waals surface area contributed by atoms with Gasteiger partial charge in [0, 0.05) is 12.2 Å². The van der Waals surface area contributed by atoms with Gasteiger partial charge in [-0.2, -0.15) is 5.10 Å². The van der Waals surface area contributed by atoms with Gasteiger partial charge < -0.3 is 5.32 Å². The van der Waals surface area contributed by atoms with Gasteiger partial charge in [-0.3, -0.25) is 0 Å². The summed E-state index contributed by atoms with van der Waals surface area (Å²) in [6, 6.07) is 14.6. The van der Waals surface area contributed by atoms with Gasteiger partial charge in [0.2, 0.25) is 0 Å². The molecule has 0 aliphatic heterocycles. The van der Waals surface area contributed by atoms with Gasteiger partial charge in [-0.1, -0.05) is 18.2 Å². The molecular formula is C17H18N4. The molecule has 0 atom stereocenters. The highest BCUT2D eigenvalue weighted by molar-refractivity contribution is 5.49. The van der Waals surface area contributed by atoms with Crippen molar-refractivity contribution in [2.24, 2.45) is 0 Å². The molecule has 1 aromatic heterocycles. The number of rotatable bonds is 4. The summed E-state index contributed by atoms with van der Waals surface area (Å²) in [5, 5.41) is 7.57. The highest BCUT2D eigenvalue weighted by atomic mass is 15.3. The number of anilines is 1. The summed E-state index contributed by atoms with van der Waals surface area (Å²) in [5.74, 6) is 0. The summed E-state index contributed by atoms with van der Waals surface area (Å²) in [7, 11) is 0. The van der Waals surface area contributed by atoms with Gasteiger partial charge in [0.25, 0.3) is 0 Å². The van der Waals surface area contributed by atoms with Gasteiger partial charge in [0.05, 0.1) is 5.69 Å². The van der Waals surface area contributed by atoms with E-state index in [4.69, 9.17) is 0 Å². The van der Waals surface area contributed by atoms with Crippen molar-refractivity contribution in [2.45, 2.75) is 20.4 Å². The third kappa shape index (κ3) is 2.94. The number of benzene rings is 2. The third-order valence-corrected chi connectivity index (χ3v) is 3.75. The molecule has 4 nitrogen and oxygen atoms in total. The van der Waals surface area contributed by atoms with Crippen molar-refractivity contribution >= 4 is 5.69 Å². The Labute approximate surface area is 124 Å². The average Bonchev–Trinajstić information content (AvgIpc) is 3.04. The molecule has 0 unspecified atom stereocenters. The van der Waals surface area contributed by atoms with Crippen LogP contribution in [-0.2, 0) is 6.54 Å². The Kier molecular flexibility index (Phi) is 3.69. The van der Waals surface area contributed by atoms with Gasteiger partial charge in [-0.05, 0) is 54.8 Å². The second-order valence-corrected chi connectivity index (χ2v) is 5.10. The molecular weight excluding hydrogens is 260 g/mol. The van der Waals surface area contributed by atoms with Gasteiger partial charge in [0.15, 0.2) is 0 Å². The molecule has 0 amide bonds. The van der Waals surface area contributed by atoms with E-state index in [0.717, 1.165) is 17.9 Å². The first kappa shape index (κ1) is 13.4. The zero-order valence-electron chi connectivity index (χ0n) is 12.2. The number of nitrogens with zero attached hydrogens (tertiary/aromatic N) is 3. The van der Waals surface area contributed by atoms with Crippen LogP contribution in [0.3, 0.4) is 0 Å². The molecule has 2 aromatic carbocycles. The molecule has 0 fully saturated rings. The van der Waals surface area contributed by atoms with Gasteiger partial charge in [-0.25, -0.2) is 9.67 Å². The molecule has 0 saturated carbocycles. The number of nitrogens with one attached hydrogen (secondary N) is 1. The van der Waals surface area contributed by atoms with E-state index in [1.807, 2.05) is 12.1 Å². The van der Waals surface area contributed by atoms with Crippen LogP contribution in [0.15, 0.2) is 55.1 Å². The minimum atomic E-state index is 0.830. The lowest BCUT2D eigenvalue weighted by Gasteiger charge is -2.11. The largest absolute Gasteiger partial charge is 0.381 e. The molecule has 0 spiro atoms. The maximum atomic E-state index is 4.12. The molecule has 106 valence electrons. The number of aromatic nitrogens is 3. The van der Waals surface area contributed by atoms with E-state index >= 15 is 0 Å². The summed E-state index contributed by atoms with van der Waals surface area (Å²) >= 11 is 0. The Balaban J connectivity index is 1.70. The van der Waals surface area contributed by atoms with Crippen LogP contribution in [0.4, 0.5) is 5.69 Å². The Bertz CT molecular complexity index is 715. The third-order valence-electron chi connectivity index (χ3n) is 3.75. The summed E-state index contributed by atoms with van der Waals surface area (Å²) in [4.78, 5) is 3.95. The smallest absolute Gasteiger partial charge is 0.138 e. The first-order valence-corrected chi connectivity index (χ1v) is 6.98. The summed E-state index contributed by atoms with van der Waals surface area (Å²) in [5.41, 5.74) is 6.11. The topological polar surface area (TPSA) is 42.7 Å². The molecule has 0 saturated heterocycles. The first-order valence-electron chi connectivity index (χ1n) is 6.98. The minimum Gasteiger partial charge on any atom is -0.381 e. The molecule has 4 heteroatoms. The SMILES string of the molecule is Cc1cccc(CNc2ccc(-n3cncn3)cc2)c1C. The predicted molar refractivity (Wildman–Crippen MR) is 84.6 cm³/mol. The molecule has 0 radical (unpaired) electrons. The minimum absolute atomic E-state index is 0.830. The second-order valence-electron chi connectivity index (χ2n) is 5.10. The van der Waals surface area contributed by atoms with Crippen molar-refractivity contribution in [1.29, 1.82) is 0 Å². The predicted octanol–water partition coefficient (Wildman–Crippen LogP) is 3.50. The fourth-order valence-electron chi connectivity index (χ4n) is 2.27. The normalized spacial score (nSPS) is 10.6. The molecule has 1 heterocycles. The number of hydrogen-bond donors (Lipinski definition) is 1. The van der Waals surface area contributed by atoms with E-state index in [1.54, 1.807) is 11.0 Å². The Morgan fingerprint density at radius 1 is 1.05 bits per heavy atom. The summed E-state index contributed by atoms with van der Waals surface area (Å²) in [6.07, 6.45) is 3.23. The van der Waals surface area contributed by atoms with E-state index in [0.29, 0.717) is 0 Å². The van der Waals surface area contributed by atoms with E-state index in [9.17, 15) is 0 Å². The lowest BCUT2D eigenvalue weighted by atomic mass is 10.0. The fourth-order valence-corrected chi connectivity index (χ4v) is 2.27. The van der Waals surface area contributed by atoms with E-state index in [-0.39, 0.29) is 0 Å². The lowest BCUT2D eigenvalue weighted by Crippen LogP contribution is -2.02. The average molecular weight is 278 g/mol. The van der Waals surface area contributed by atoms with Crippen molar-refractivity contribution in [3.8, 4) is 5.69 Å². The van der Waals surface area contributed by atoms with Crippen LogP contribution < -0.4 is 5.32 Å². The monoisotopic (exact) mass is 278 g/mol. The highest BCUT2D eigenvalue weighted by Crippen LogP contribution is 2.16. The van der Waals surface area contributed by atoms with Crippen LogP contribution in [0, 0.1) is 13.8 Å². The van der Waals surface area contributed by atoms with Crippen LogP contribution in [0.25, 0.3) is 5.69 Å². The van der Waals surface area contributed by atoms with Crippen LogP contribution in [0.1, 0.15) is 16.7 Å². The fraction of sp³-hybridized carbons (Fsp3) is 0.176. The van der Waals surface area contributed by atoms with Crippen molar-refractivity contribution in [1.82, 2.24) is 14.8 Å². The standard InChI is InChI=1S/C17H18N4/c1-13-4-3-5-15(14(13)2)10-19-16-6-8-17(9-7-16)21-12-18-11-20-21/h3-9,11-12,19H,10H2,1-2H3. The summed E-state index contributed by atoms with van der Waals surface area (Å²) < 4.78 is 1.74. The molecule has 0 bridgehead atoms. The zero-order chi connectivity index (χ0) is 14.7. The van der Waals surface area contributed by atoms with Gasteiger partial charge in [0.1, 0.15) is 12.7 Å². The van der Waals surface area contributed by atoms with Crippen LogP contribution in [0.5, 0.6) is 0 Å². The molecule has 1 N–H and O–H groups in total. The van der Waals surface area contributed by atoms with Crippen LogP contribution in [-0.4, -0.2) is 14.8 Å². The van der Waals surface area contributed by atoms with Gasteiger partial charge >= 0.3 is 0 Å². The highest BCUT2D eigenvalue weighted by Gasteiger charge is 2.01. The Morgan fingerprint density at radius 3 is 2.57 bits per heavy atom. The van der Waals surface area contributed by atoms with E-state index in [2.05, 4.69) is 59.6 Å². The number of aryl methyl sites for hydroxylation is 1. The second kappa shape index (κ2) is 5.79. The molecule has 3 aromatic rings. The Hall–Kier alpha value is -2.62. The Morgan fingerprint density at radius 2 is 1.86 bits per heavy atom. The molecule has 21 heavy (non-hydrogen) atoms. The number of hydrogen-bond acceptors (Lipinski definition) is 3. The maximum absolute atomic E-state index is 4.12. The van der Waals surface area contributed by atoms with E-state index in [1.165, 1.54) is 23.0 Å². The molecule has 0 aliphatic rings. The van der Waals surface area contributed by atoms with E-state index < -0.39 is 0 Å². The molecule has 3 rings (SSSR count). The maximum Gasteiger partial charge on any atom is 0.138 e. The van der Waals surface area contributed by atoms with Crippen molar-refractivity contribution in [3.05, 3.63) is 71.8 Å². The van der Waals surface area contributed by atoms with Crippen molar-refractivity contribution < 1.29 is 0 Å². The van der Waals surface area contributed by atoms with Crippen molar-refractivity contribution in [2.75, 3.05) is 5.32 Å². The van der Waals surface area contributed by atoms with Gasteiger partial charge in [-0.15, -0.1) is 0 Å². The lowest BCUT2D eigenvalue weighted by molar-refractivity contribution is 0.879. The summed E-state index contributed by atoms with van der Waals surface area (Å²) in [6.45, 7) is 5.14. The molecule has 0 aliphatic carbocycles. The van der Waals surface area contributed by atoms with Crippen LogP contribution in [0.2, 0.25) is 0 Å². The van der Waals surface area contributed by atoms with Crippen LogP contribution >= 0.6 is 0 Å². The zero-order valence-corrected chi connectivity index (χ0v) is 12.2. The van der Waals surface area contributed by atoms with Crippen molar-refractivity contribution in [3.63, 3.8) is 0 Å². The quantitative estimate of drug-likeness (QED) is 0.794.